The molecule has 2 heterocycles. The van der Waals surface area contributed by atoms with Crippen molar-refractivity contribution in [1.29, 1.82) is 0 Å². The molecular formula is C14H15ClN4O. The number of carbonyl (C=O) groups is 1. The third-order valence-electron chi connectivity index (χ3n) is 3.63. The van der Waals surface area contributed by atoms with Crippen LogP contribution in [0.4, 0.5) is 0 Å². The van der Waals surface area contributed by atoms with Gasteiger partial charge in [-0.25, -0.2) is 4.68 Å². The molecule has 5 nitrogen and oxygen atoms in total. The van der Waals surface area contributed by atoms with E-state index in [0.29, 0.717) is 18.0 Å². The lowest BCUT2D eigenvalue weighted by atomic mass is 10.1. The number of hydrogen-bond donors (Lipinski definition) is 0. The van der Waals surface area contributed by atoms with Gasteiger partial charge < -0.3 is 4.90 Å². The summed E-state index contributed by atoms with van der Waals surface area (Å²) in [5.74, 6) is 0.112. The van der Waals surface area contributed by atoms with Gasteiger partial charge in [-0.3, -0.25) is 4.79 Å². The summed E-state index contributed by atoms with van der Waals surface area (Å²) in [5.41, 5.74) is 0.878. The molecule has 1 aromatic heterocycles. The second-order valence-electron chi connectivity index (χ2n) is 4.93. The van der Waals surface area contributed by atoms with Gasteiger partial charge in [0.1, 0.15) is 0 Å². The van der Waals surface area contributed by atoms with Gasteiger partial charge in [-0.05, 0) is 18.1 Å². The highest BCUT2D eigenvalue weighted by molar-refractivity contribution is 6.31. The molecule has 0 unspecified atom stereocenters. The monoisotopic (exact) mass is 290 g/mol. The summed E-state index contributed by atoms with van der Waals surface area (Å²) < 4.78 is 1.82. The molecule has 6 heteroatoms. The van der Waals surface area contributed by atoms with Crippen LogP contribution in [0.1, 0.15) is 18.0 Å². The molecule has 1 aliphatic heterocycles. The van der Waals surface area contributed by atoms with Gasteiger partial charge in [0.25, 0.3) is 0 Å². The molecule has 20 heavy (non-hydrogen) atoms. The maximum absolute atomic E-state index is 12.3. The SMILES string of the molecule is O=C(Cc1ccccc1Cl)N1CC[C@@H](n2ccnn2)C1. The van der Waals surface area contributed by atoms with Crippen molar-refractivity contribution in [1.82, 2.24) is 19.9 Å². The maximum Gasteiger partial charge on any atom is 0.227 e. The quantitative estimate of drug-likeness (QED) is 0.868. The smallest absolute Gasteiger partial charge is 0.227 e. The molecule has 1 amide bonds. The van der Waals surface area contributed by atoms with Crippen molar-refractivity contribution in [2.75, 3.05) is 13.1 Å². The number of halogens is 1. The predicted molar refractivity (Wildman–Crippen MR) is 75.4 cm³/mol. The molecular weight excluding hydrogens is 276 g/mol. The van der Waals surface area contributed by atoms with Crippen molar-refractivity contribution in [3.05, 3.63) is 47.2 Å². The van der Waals surface area contributed by atoms with Gasteiger partial charge in [0.05, 0.1) is 18.7 Å². The van der Waals surface area contributed by atoms with Crippen LogP contribution in [-0.2, 0) is 11.2 Å². The van der Waals surface area contributed by atoms with E-state index >= 15 is 0 Å². The number of amides is 1. The van der Waals surface area contributed by atoms with Gasteiger partial charge in [0, 0.05) is 24.3 Å². The van der Waals surface area contributed by atoms with Crippen molar-refractivity contribution in [2.24, 2.45) is 0 Å². The van der Waals surface area contributed by atoms with Crippen molar-refractivity contribution >= 4 is 17.5 Å². The average Bonchev–Trinajstić information content (AvgIpc) is 3.11. The molecule has 3 rings (SSSR count). The fourth-order valence-electron chi connectivity index (χ4n) is 2.51. The van der Waals surface area contributed by atoms with E-state index < -0.39 is 0 Å². The summed E-state index contributed by atoms with van der Waals surface area (Å²) in [6.45, 7) is 1.44. The Hall–Kier alpha value is -1.88. The first-order valence-corrected chi connectivity index (χ1v) is 6.99. The zero-order valence-electron chi connectivity index (χ0n) is 10.9. The Kier molecular flexibility index (Phi) is 3.69. The first-order valence-electron chi connectivity index (χ1n) is 6.61. The lowest BCUT2D eigenvalue weighted by molar-refractivity contribution is -0.129. The van der Waals surface area contributed by atoms with E-state index in [1.165, 1.54) is 0 Å². The zero-order valence-corrected chi connectivity index (χ0v) is 11.7. The van der Waals surface area contributed by atoms with E-state index in [-0.39, 0.29) is 11.9 Å². The minimum absolute atomic E-state index is 0.112. The van der Waals surface area contributed by atoms with E-state index in [2.05, 4.69) is 10.3 Å². The highest BCUT2D eigenvalue weighted by Crippen LogP contribution is 2.22. The van der Waals surface area contributed by atoms with Gasteiger partial charge in [-0.1, -0.05) is 35.0 Å². The van der Waals surface area contributed by atoms with Gasteiger partial charge in [0.15, 0.2) is 0 Å². The molecule has 1 atom stereocenters. The molecule has 0 N–H and O–H groups in total. The van der Waals surface area contributed by atoms with Crippen LogP contribution >= 0.6 is 11.6 Å². The number of nitrogens with zero attached hydrogens (tertiary/aromatic N) is 4. The molecule has 0 radical (unpaired) electrons. The van der Waals surface area contributed by atoms with Crippen LogP contribution in [-0.4, -0.2) is 38.9 Å². The molecule has 0 aliphatic carbocycles. The minimum atomic E-state index is 0.112. The number of hydrogen-bond acceptors (Lipinski definition) is 3. The van der Waals surface area contributed by atoms with Crippen LogP contribution < -0.4 is 0 Å². The van der Waals surface area contributed by atoms with Gasteiger partial charge in [0.2, 0.25) is 5.91 Å². The lowest BCUT2D eigenvalue weighted by Crippen LogP contribution is -2.30. The molecule has 0 bridgehead atoms. The van der Waals surface area contributed by atoms with E-state index in [1.807, 2.05) is 40.0 Å². The van der Waals surface area contributed by atoms with Crippen LogP contribution in [0.5, 0.6) is 0 Å². The van der Waals surface area contributed by atoms with E-state index in [4.69, 9.17) is 11.6 Å². The second-order valence-corrected chi connectivity index (χ2v) is 5.34. The highest BCUT2D eigenvalue weighted by atomic mass is 35.5. The van der Waals surface area contributed by atoms with Crippen molar-refractivity contribution in [3.63, 3.8) is 0 Å². The van der Waals surface area contributed by atoms with Crippen LogP contribution in [0.3, 0.4) is 0 Å². The van der Waals surface area contributed by atoms with Gasteiger partial charge in [-0.2, -0.15) is 0 Å². The van der Waals surface area contributed by atoms with Crippen molar-refractivity contribution in [3.8, 4) is 0 Å². The summed E-state index contributed by atoms with van der Waals surface area (Å²) in [4.78, 5) is 14.2. The van der Waals surface area contributed by atoms with Crippen LogP contribution in [0, 0.1) is 0 Å². The number of benzene rings is 1. The normalized spacial score (nSPS) is 18.4. The minimum Gasteiger partial charge on any atom is -0.340 e. The van der Waals surface area contributed by atoms with Crippen molar-refractivity contribution in [2.45, 2.75) is 18.9 Å². The molecule has 2 aromatic rings. The molecule has 1 aromatic carbocycles. The lowest BCUT2D eigenvalue weighted by Gasteiger charge is -2.17. The first-order chi connectivity index (χ1) is 9.74. The fourth-order valence-corrected chi connectivity index (χ4v) is 2.72. The third kappa shape index (κ3) is 2.67. The largest absolute Gasteiger partial charge is 0.340 e. The number of aromatic nitrogens is 3. The van der Waals surface area contributed by atoms with Crippen LogP contribution in [0.2, 0.25) is 5.02 Å². The maximum atomic E-state index is 12.3. The van der Waals surface area contributed by atoms with Crippen LogP contribution in [0.15, 0.2) is 36.7 Å². The van der Waals surface area contributed by atoms with Gasteiger partial charge in [-0.15, -0.1) is 5.10 Å². The molecule has 0 spiro atoms. The summed E-state index contributed by atoms with van der Waals surface area (Å²) in [7, 11) is 0. The van der Waals surface area contributed by atoms with E-state index in [1.54, 1.807) is 6.20 Å². The summed E-state index contributed by atoms with van der Waals surface area (Å²) in [5, 5.41) is 8.45. The topological polar surface area (TPSA) is 51.0 Å². The first kappa shape index (κ1) is 13.1. The fraction of sp³-hybridized carbons (Fsp3) is 0.357. The van der Waals surface area contributed by atoms with Crippen LogP contribution in [0.25, 0.3) is 0 Å². The van der Waals surface area contributed by atoms with E-state index in [9.17, 15) is 4.79 Å². The Labute approximate surface area is 122 Å². The number of rotatable bonds is 3. The molecule has 104 valence electrons. The Morgan fingerprint density at radius 2 is 2.25 bits per heavy atom. The third-order valence-corrected chi connectivity index (χ3v) is 4.00. The summed E-state index contributed by atoms with van der Waals surface area (Å²) in [6, 6.07) is 7.70. The molecule has 1 saturated heterocycles. The standard InChI is InChI=1S/C14H15ClN4O/c15-13-4-2-1-3-11(13)9-14(20)18-7-5-12(10-18)19-8-6-16-17-19/h1-4,6,8,12H,5,7,9-10H2/t12-/m1/s1. The Morgan fingerprint density at radius 1 is 1.40 bits per heavy atom. The molecule has 0 saturated carbocycles. The Balaban J connectivity index is 1.63. The Bertz CT molecular complexity index is 599. The average molecular weight is 291 g/mol. The summed E-state index contributed by atoms with van der Waals surface area (Å²) in [6.07, 6.45) is 4.77. The molecule has 1 fully saturated rings. The Morgan fingerprint density at radius 3 is 3.00 bits per heavy atom. The number of carbonyl (C=O) groups excluding carboxylic acids is 1. The predicted octanol–water partition coefficient (Wildman–Crippen LogP) is 1.95. The highest BCUT2D eigenvalue weighted by Gasteiger charge is 2.27. The van der Waals surface area contributed by atoms with Crippen molar-refractivity contribution < 1.29 is 4.79 Å². The zero-order chi connectivity index (χ0) is 13.9. The van der Waals surface area contributed by atoms with Gasteiger partial charge >= 0.3 is 0 Å². The summed E-state index contributed by atoms with van der Waals surface area (Å²) >= 11 is 6.09. The number of likely N-dealkylation sites (tertiary alicyclic amines) is 1. The second kappa shape index (κ2) is 5.63. The van der Waals surface area contributed by atoms with E-state index in [0.717, 1.165) is 18.5 Å². The molecule has 1 aliphatic rings.